The first-order valence-corrected chi connectivity index (χ1v) is 4.69. The van der Waals surface area contributed by atoms with Gasteiger partial charge in [0.1, 0.15) is 0 Å². The number of hydrogen-bond acceptors (Lipinski definition) is 2. The van der Waals surface area contributed by atoms with Crippen molar-refractivity contribution in [1.82, 2.24) is 0 Å². The Morgan fingerprint density at radius 1 is 1.08 bits per heavy atom. The highest BCUT2D eigenvalue weighted by Gasteiger charge is 1.86. The molecule has 0 fully saturated rings. The minimum Gasteiger partial charge on any atom is -0.516 e. The highest BCUT2D eigenvalue weighted by atomic mass is 16.3. The van der Waals surface area contributed by atoms with E-state index in [9.17, 15) is 0 Å². The third kappa shape index (κ3) is 22.7. The molecule has 0 aromatic rings. The third-order valence-corrected chi connectivity index (χ3v) is 1.51. The van der Waals surface area contributed by atoms with Crippen LogP contribution in [-0.2, 0) is 0 Å². The van der Waals surface area contributed by atoms with Gasteiger partial charge in [0.25, 0.3) is 0 Å². The van der Waals surface area contributed by atoms with Crippen molar-refractivity contribution in [1.29, 1.82) is 0 Å². The quantitative estimate of drug-likeness (QED) is 0.480. The van der Waals surface area contributed by atoms with Crippen LogP contribution in [0, 0.1) is 0 Å². The molecule has 0 saturated heterocycles. The minimum atomic E-state index is 0.367. The van der Waals surface area contributed by atoms with Crippen molar-refractivity contribution in [2.75, 3.05) is 6.61 Å². The third-order valence-electron chi connectivity index (χ3n) is 1.51. The standard InChI is InChI=1S/C8H18O.C2H4O/c1-2-3-4-5-6-7-8-9;1-2-3/h9H,2-8H2,1H3;2-3H,1H2. The first-order chi connectivity index (χ1) is 5.83. The van der Waals surface area contributed by atoms with Gasteiger partial charge in [-0.2, -0.15) is 0 Å². The molecule has 2 nitrogen and oxygen atoms in total. The fourth-order valence-corrected chi connectivity index (χ4v) is 0.892. The van der Waals surface area contributed by atoms with Crippen LogP contribution >= 0.6 is 0 Å². The molecular weight excluding hydrogens is 152 g/mol. The van der Waals surface area contributed by atoms with E-state index in [4.69, 9.17) is 10.2 Å². The van der Waals surface area contributed by atoms with E-state index in [0.29, 0.717) is 6.61 Å². The number of unbranched alkanes of at least 4 members (excludes halogenated alkanes) is 5. The van der Waals surface area contributed by atoms with Crippen LogP contribution in [0.3, 0.4) is 0 Å². The Morgan fingerprint density at radius 2 is 1.50 bits per heavy atom. The van der Waals surface area contributed by atoms with Crippen LogP contribution in [0.5, 0.6) is 0 Å². The number of aliphatic hydroxyl groups excluding tert-OH is 2. The molecule has 0 unspecified atom stereocenters. The summed E-state index contributed by atoms with van der Waals surface area (Å²) >= 11 is 0. The van der Waals surface area contributed by atoms with Crippen molar-refractivity contribution in [3.8, 4) is 0 Å². The Labute approximate surface area is 75.9 Å². The van der Waals surface area contributed by atoms with Crippen molar-refractivity contribution in [3.63, 3.8) is 0 Å². The Bertz CT molecular complexity index is 66.2. The van der Waals surface area contributed by atoms with E-state index in [1.807, 2.05) is 0 Å². The molecule has 0 bridgehead atoms. The summed E-state index contributed by atoms with van der Waals surface area (Å²) in [7, 11) is 0. The molecule has 0 aromatic carbocycles. The zero-order valence-electron chi connectivity index (χ0n) is 8.13. The normalized spacial score (nSPS) is 8.50. The summed E-state index contributed by atoms with van der Waals surface area (Å²) in [5.74, 6) is 0. The number of aliphatic hydroxyl groups is 2. The Kier molecular flexibility index (Phi) is 19.7. The molecule has 2 heteroatoms. The van der Waals surface area contributed by atoms with E-state index < -0.39 is 0 Å². The van der Waals surface area contributed by atoms with Gasteiger partial charge in [-0.25, -0.2) is 0 Å². The van der Waals surface area contributed by atoms with Crippen molar-refractivity contribution in [3.05, 3.63) is 12.8 Å². The lowest BCUT2D eigenvalue weighted by Crippen LogP contribution is -1.82. The van der Waals surface area contributed by atoms with Gasteiger partial charge in [-0.15, -0.1) is 0 Å². The molecule has 0 radical (unpaired) electrons. The van der Waals surface area contributed by atoms with E-state index in [1.54, 1.807) is 0 Å². The summed E-state index contributed by atoms with van der Waals surface area (Å²) < 4.78 is 0. The van der Waals surface area contributed by atoms with Crippen LogP contribution in [0.2, 0.25) is 0 Å². The second-order valence-electron chi connectivity index (χ2n) is 2.67. The molecule has 0 rings (SSSR count). The molecule has 0 aliphatic heterocycles. The predicted molar refractivity (Wildman–Crippen MR) is 53.3 cm³/mol. The number of hydrogen-bond donors (Lipinski definition) is 2. The summed E-state index contributed by atoms with van der Waals surface area (Å²) in [6, 6.07) is 0. The summed E-state index contributed by atoms with van der Waals surface area (Å²) in [6.45, 7) is 5.50. The zero-order chi connectivity index (χ0) is 9.66. The van der Waals surface area contributed by atoms with Gasteiger partial charge in [-0.3, -0.25) is 0 Å². The molecular formula is C10H22O2. The monoisotopic (exact) mass is 174 g/mol. The lowest BCUT2D eigenvalue weighted by molar-refractivity contribution is 0.282. The summed E-state index contributed by atoms with van der Waals surface area (Å²) in [5, 5.41) is 15.8. The molecule has 0 aromatic heterocycles. The molecule has 2 N–H and O–H groups in total. The molecule has 74 valence electrons. The summed E-state index contributed by atoms with van der Waals surface area (Å²) in [5.41, 5.74) is 0. The smallest absolute Gasteiger partial charge is 0.0719 e. The average Bonchev–Trinajstić information content (AvgIpc) is 2.06. The predicted octanol–water partition coefficient (Wildman–Crippen LogP) is 3.03. The largest absolute Gasteiger partial charge is 0.516 e. The summed E-state index contributed by atoms with van der Waals surface area (Å²) in [6.07, 6.45) is 8.25. The number of rotatable bonds is 6. The molecule has 12 heavy (non-hydrogen) atoms. The molecule has 0 amide bonds. The van der Waals surface area contributed by atoms with E-state index in [2.05, 4.69) is 13.5 Å². The lowest BCUT2D eigenvalue weighted by atomic mass is 10.1. The van der Waals surface area contributed by atoms with Gasteiger partial charge in [0.15, 0.2) is 0 Å². The van der Waals surface area contributed by atoms with Crippen LogP contribution < -0.4 is 0 Å². The SMILES string of the molecule is C=CO.CCCCCCCCO. The lowest BCUT2D eigenvalue weighted by Gasteiger charge is -1.95. The van der Waals surface area contributed by atoms with Crippen molar-refractivity contribution in [2.45, 2.75) is 45.4 Å². The van der Waals surface area contributed by atoms with Crippen LogP contribution in [-0.4, -0.2) is 16.8 Å². The highest BCUT2D eigenvalue weighted by molar-refractivity contribution is 4.41. The van der Waals surface area contributed by atoms with Gasteiger partial charge in [0.2, 0.25) is 0 Å². The maximum Gasteiger partial charge on any atom is 0.0719 e. The first kappa shape index (κ1) is 14.0. The van der Waals surface area contributed by atoms with Gasteiger partial charge >= 0.3 is 0 Å². The van der Waals surface area contributed by atoms with Gasteiger partial charge < -0.3 is 10.2 Å². The van der Waals surface area contributed by atoms with E-state index in [1.165, 1.54) is 32.1 Å². The first-order valence-electron chi connectivity index (χ1n) is 4.69. The second kappa shape index (κ2) is 16.8. The highest BCUT2D eigenvalue weighted by Crippen LogP contribution is 2.03. The van der Waals surface area contributed by atoms with Gasteiger partial charge in [-0.1, -0.05) is 45.6 Å². The van der Waals surface area contributed by atoms with Crippen LogP contribution in [0.15, 0.2) is 12.8 Å². The maximum atomic E-state index is 8.42. The van der Waals surface area contributed by atoms with Crippen LogP contribution in [0.4, 0.5) is 0 Å². The second-order valence-corrected chi connectivity index (χ2v) is 2.67. The van der Waals surface area contributed by atoms with Gasteiger partial charge in [0, 0.05) is 6.61 Å². The van der Waals surface area contributed by atoms with Crippen LogP contribution in [0.1, 0.15) is 45.4 Å². The van der Waals surface area contributed by atoms with E-state index in [0.717, 1.165) is 12.7 Å². The van der Waals surface area contributed by atoms with Crippen LogP contribution in [0.25, 0.3) is 0 Å². The summed E-state index contributed by atoms with van der Waals surface area (Å²) in [4.78, 5) is 0. The molecule has 0 heterocycles. The van der Waals surface area contributed by atoms with Crippen molar-refractivity contribution in [2.24, 2.45) is 0 Å². The fourth-order valence-electron chi connectivity index (χ4n) is 0.892. The van der Waals surface area contributed by atoms with Crippen molar-refractivity contribution >= 4 is 0 Å². The zero-order valence-corrected chi connectivity index (χ0v) is 8.13. The molecule has 0 saturated carbocycles. The molecule has 0 atom stereocenters. The Balaban J connectivity index is 0. The molecule has 0 aliphatic carbocycles. The molecule has 0 spiro atoms. The van der Waals surface area contributed by atoms with Gasteiger partial charge in [-0.05, 0) is 6.42 Å². The van der Waals surface area contributed by atoms with Gasteiger partial charge in [0.05, 0.1) is 6.26 Å². The van der Waals surface area contributed by atoms with Crippen molar-refractivity contribution < 1.29 is 10.2 Å². The van der Waals surface area contributed by atoms with E-state index in [-0.39, 0.29) is 0 Å². The van der Waals surface area contributed by atoms with E-state index >= 15 is 0 Å². The Hall–Kier alpha value is -0.500. The maximum absolute atomic E-state index is 8.42. The Morgan fingerprint density at radius 3 is 1.92 bits per heavy atom. The molecule has 0 aliphatic rings. The topological polar surface area (TPSA) is 40.5 Å². The minimum absolute atomic E-state index is 0.367. The average molecular weight is 174 g/mol. The fraction of sp³-hybridized carbons (Fsp3) is 0.800.